The molecule has 0 radical (unpaired) electrons. The van der Waals surface area contributed by atoms with Gasteiger partial charge in [0.05, 0.1) is 5.71 Å². The third-order valence-electron chi connectivity index (χ3n) is 3.13. The molecule has 0 aliphatic carbocycles. The molecule has 120 valence electrons. The monoisotopic (exact) mass is 372 g/mol. The van der Waals surface area contributed by atoms with Gasteiger partial charge in [-0.25, -0.2) is 4.99 Å². The normalized spacial score (nSPS) is 12.0. The number of aromatic amines is 1. The second-order valence-corrected chi connectivity index (χ2v) is 6.98. The van der Waals surface area contributed by atoms with Gasteiger partial charge >= 0.3 is 0 Å². The molecular weight excluding hydrogens is 360 g/mol. The largest absolute Gasteiger partial charge is 0.399 e. The van der Waals surface area contributed by atoms with Gasteiger partial charge in [0.2, 0.25) is 5.13 Å². The molecule has 3 aromatic rings. The van der Waals surface area contributed by atoms with Crippen LogP contribution < -0.4 is 5.73 Å². The minimum absolute atomic E-state index is 0.567. The van der Waals surface area contributed by atoms with Gasteiger partial charge in [0, 0.05) is 16.3 Å². The van der Waals surface area contributed by atoms with E-state index in [9.17, 15) is 0 Å². The highest BCUT2D eigenvalue weighted by molar-refractivity contribution is 7.73. The first-order valence-electron chi connectivity index (χ1n) is 7.04. The zero-order chi connectivity index (χ0) is 16.9. The van der Waals surface area contributed by atoms with Gasteiger partial charge in [0.25, 0.3) is 0 Å². The topological polar surface area (TPSA) is 67.1 Å². The summed E-state index contributed by atoms with van der Waals surface area (Å²) in [6.45, 7) is 0. The highest BCUT2D eigenvalue weighted by Gasteiger charge is 2.04. The summed E-state index contributed by atoms with van der Waals surface area (Å²) >= 11 is 12.5. The second kappa shape index (κ2) is 7.53. The summed E-state index contributed by atoms with van der Waals surface area (Å²) in [5.41, 5.74) is 9.10. The summed E-state index contributed by atoms with van der Waals surface area (Å²) in [5.74, 6) is 0. The van der Waals surface area contributed by atoms with E-state index in [0.29, 0.717) is 14.1 Å². The Bertz CT molecular complexity index is 955. The van der Waals surface area contributed by atoms with Crippen molar-refractivity contribution in [2.75, 3.05) is 5.73 Å². The number of aromatic nitrogens is 2. The van der Waals surface area contributed by atoms with Crippen LogP contribution in [0.2, 0.25) is 5.02 Å². The SMILES string of the molecule is Nc1ccc(/C=C/C(=N\c2n[nH]c(=S)s2)c2cccc(Cl)c2)cc1. The lowest BCUT2D eigenvalue weighted by atomic mass is 10.1. The molecule has 3 rings (SSSR count). The lowest BCUT2D eigenvalue weighted by molar-refractivity contribution is 1.07. The maximum absolute atomic E-state index is 6.10. The van der Waals surface area contributed by atoms with Crippen molar-refractivity contribution in [3.8, 4) is 0 Å². The molecule has 0 bridgehead atoms. The van der Waals surface area contributed by atoms with Crippen LogP contribution in [-0.2, 0) is 0 Å². The first kappa shape index (κ1) is 16.6. The predicted molar refractivity (Wildman–Crippen MR) is 105 cm³/mol. The number of nitrogens with one attached hydrogen (secondary N) is 1. The van der Waals surface area contributed by atoms with Crippen LogP contribution in [0.4, 0.5) is 10.8 Å². The van der Waals surface area contributed by atoms with E-state index in [1.54, 1.807) is 0 Å². The van der Waals surface area contributed by atoms with Gasteiger partial charge in [0.1, 0.15) is 0 Å². The number of hydrogen-bond acceptors (Lipinski definition) is 5. The molecule has 4 nitrogen and oxygen atoms in total. The van der Waals surface area contributed by atoms with E-state index in [2.05, 4.69) is 15.2 Å². The van der Waals surface area contributed by atoms with Crippen molar-refractivity contribution in [2.24, 2.45) is 4.99 Å². The first-order chi connectivity index (χ1) is 11.6. The van der Waals surface area contributed by atoms with E-state index >= 15 is 0 Å². The van der Waals surface area contributed by atoms with Crippen molar-refractivity contribution in [1.29, 1.82) is 0 Å². The summed E-state index contributed by atoms with van der Waals surface area (Å²) in [7, 11) is 0. The highest BCUT2D eigenvalue weighted by atomic mass is 35.5. The van der Waals surface area contributed by atoms with E-state index in [-0.39, 0.29) is 0 Å². The number of hydrogen-bond donors (Lipinski definition) is 2. The molecule has 2 aromatic carbocycles. The number of nitrogen functional groups attached to an aromatic ring is 1. The van der Waals surface area contributed by atoms with E-state index in [0.717, 1.165) is 22.5 Å². The fourth-order valence-electron chi connectivity index (χ4n) is 2.00. The average molecular weight is 373 g/mol. The zero-order valence-electron chi connectivity index (χ0n) is 12.4. The summed E-state index contributed by atoms with van der Waals surface area (Å²) in [5, 5.41) is 8.03. The van der Waals surface area contributed by atoms with Crippen molar-refractivity contribution in [2.45, 2.75) is 0 Å². The van der Waals surface area contributed by atoms with Gasteiger partial charge in [-0.1, -0.05) is 53.3 Å². The van der Waals surface area contributed by atoms with Gasteiger partial charge < -0.3 is 5.73 Å². The maximum Gasteiger partial charge on any atom is 0.230 e. The molecule has 7 heteroatoms. The van der Waals surface area contributed by atoms with Gasteiger partial charge in [-0.3, -0.25) is 5.10 Å². The molecule has 0 aliphatic rings. The first-order valence-corrected chi connectivity index (χ1v) is 8.64. The quantitative estimate of drug-likeness (QED) is 0.372. The Balaban J connectivity index is 2.00. The molecule has 0 saturated heterocycles. The number of aliphatic imine (C=N–C) groups is 1. The Kier molecular flexibility index (Phi) is 5.20. The number of nitrogens with two attached hydrogens (primary N) is 1. The average Bonchev–Trinajstić information content (AvgIpc) is 2.98. The Hall–Kier alpha value is -2.28. The summed E-state index contributed by atoms with van der Waals surface area (Å²) in [6.07, 6.45) is 3.88. The van der Waals surface area contributed by atoms with Crippen molar-refractivity contribution in [3.63, 3.8) is 0 Å². The minimum Gasteiger partial charge on any atom is -0.399 e. The van der Waals surface area contributed by atoms with E-state index in [1.165, 1.54) is 11.3 Å². The fraction of sp³-hybridized carbons (Fsp3) is 0. The smallest absolute Gasteiger partial charge is 0.230 e. The predicted octanol–water partition coefficient (Wildman–Crippen LogP) is 5.27. The molecule has 1 heterocycles. The molecule has 1 aromatic heterocycles. The number of anilines is 1. The van der Waals surface area contributed by atoms with Crippen LogP contribution in [0.3, 0.4) is 0 Å². The Morgan fingerprint density at radius 2 is 2.04 bits per heavy atom. The molecule has 24 heavy (non-hydrogen) atoms. The van der Waals surface area contributed by atoms with Crippen LogP contribution in [0, 0.1) is 3.95 Å². The summed E-state index contributed by atoms with van der Waals surface area (Å²) < 4.78 is 0.585. The van der Waals surface area contributed by atoms with Crippen LogP contribution in [0.5, 0.6) is 0 Å². The second-order valence-electron chi connectivity index (χ2n) is 4.90. The molecule has 0 spiro atoms. The number of rotatable bonds is 4. The Morgan fingerprint density at radius 3 is 2.71 bits per heavy atom. The summed E-state index contributed by atoms with van der Waals surface area (Å²) in [6, 6.07) is 15.1. The van der Waals surface area contributed by atoms with Gasteiger partial charge in [0.15, 0.2) is 3.95 Å². The highest BCUT2D eigenvalue weighted by Crippen LogP contribution is 2.20. The lowest BCUT2D eigenvalue weighted by Gasteiger charge is -2.02. The minimum atomic E-state index is 0.567. The number of allylic oxidation sites excluding steroid dienone is 1. The van der Waals surface area contributed by atoms with Gasteiger partial charge in [-0.05, 0) is 48.1 Å². The number of halogens is 1. The number of H-pyrrole nitrogens is 1. The molecule has 3 N–H and O–H groups in total. The van der Waals surface area contributed by atoms with Crippen molar-refractivity contribution >= 4 is 57.8 Å². The molecule has 0 aliphatic heterocycles. The van der Waals surface area contributed by atoms with Gasteiger partial charge in [-0.2, -0.15) is 0 Å². The standard InChI is InChI=1S/C17H13ClN4S2/c18-13-3-1-2-12(10-13)15(20-16-21-22-17(23)24-16)9-6-11-4-7-14(19)8-5-11/h1-10H,19H2,(H,22,23)/b9-6+,20-15+. The van der Waals surface area contributed by atoms with Crippen molar-refractivity contribution < 1.29 is 0 Å². The van der Waals surface area contributed by atoms with Crippen molar-refractivity contribution in [1.82, 2.24) is 10.2 Å². The molecule has 0 atom stereocenters. The molecule has 0 saturated carbocycles. The van der Waals surface area contributed by atoms with Gasteiger partial charge in [-0.15, -0.1) is 5.10 Å². The third kappa shape index (κ3) is 4.38. The van der Waals surface area contributed by atoms with Crippen LogP contribution in [0.25, 0.3) is 6.08 Å². The van der Waals surface area contributed by atoms with Crippen LogP contribution in [-0.4, -0.2) is 15.9 Å². The van der Waals surface area contributed by atoms with E-state index < -0.39 is 0 Å². The van der Waals surface area contributed by atoms with E-state index in [4.69, 9.17) is 29.6 Å². The summed E-state index contributed by atoms with van der Waals surface area (Å²) in [4.78, 5) is 4.58. The van der Waals surface area contributed by atoms with Crippen LogP contribution in [0.1, 0.15) is 11.1 Å². The number of nitrogens with zero attached hydrogens (tertiary/aromatic N) is 2. The van der Waals surface area contributed by atoms with Crippen molar-refractivity contribution in [3.05, 3.63) is 74.7 Å². The molecule has 0 unspecified atom stereocenters. The maximum atomic E-state index is 6.10. The third-order valence-corrected chi connectivity index (χ3v) is 4.35. The van der Waals surface area contributed by atoms with Crippen LogP contribution in [0.15, 0.2) is 59.6 Å². The Morgan fingerprint density at radius 1 is 1.25 bits per heavy atom. The zero-order valence-corrected chi connectivity index (χ0v) is 14.8. The molecule has 0 amide bonds. The lowest BCUT2D eigenvalue weighted by Crippen LogP contribution is -1.96. The van der Waals surface area contributed by atoms with E-state index in [1.807, 2.05) is 60.7 Å². The fourth-order valence-corrected chi connectivity index (χ4v) is 2.95. The Labute approximate surface area is 153 Å². The van der Waals surface area contributed by atoms with Crippen LogP contribution >= 0.6 is 35.2 Å². The number of benzene rings is 2. The molecular formula is C17H13ClN4S2. The molecule has 0 fully saturated rings.